The molecule has 1 heterocycles. The molecule has 130 valence electrons. The van der Waals surface area contributed by atoms with E-state index in [1.807, 2.05) is 0 Å². The predicted molar refractivity (Wildman–Crippen MR) is 83.7 cm³/mol. The number of ether oxygens (including phenoxy) is 3. The summed E-state index contributed by atoms with van der Waals surface area (Å²) in [5.74, 6) is -3.38. The molecule has 0 spiro atoms. The number of phenols is 3. The number of rotatable bonds is 3. The van der Waals surface area contributed by atoms with E-state index in [-0.39, 0.29) is 34.1 Å². The summed E-state index contributed by atoms with van der Waals surface area (Å²) in [5.41, 5.74) is -0.120. The molecule has 25 heavy (non-hydrogen) atoms. The van der Waals surface area contributed by atoms with Crippen molar-refractivity contribution in [1.82, 2.24) is 0 Å². The van der Waals surface area contributed by atoms with Gasteiger partial charge in [0.1, 0.15) is 11.3 Å². The molecule has 0 radical (unpaired) electrons. The summed E-state index contributed by atoms with van der Waals surface area (Å²) >= 11 is 0. The van der Waals surface area contributed by atoms with E-state index in [1.165, 1.54) is 32.4 Å². The number of hydrogen-bond donors (Lipinski definition) is 3. The molecular formula is C17H14O8. The number of carbonyl (C=O) groups is 2. The van der Waals surface area contributed by atoms with Gasteiger partial charge in [-0.05, 0) is 12.1 Å². The third-order valence-electron chi connectivity index (χ3n) is 3.83. The third kappa shape index (κ3) is 2.47. The molecular weight excluding hydrogens is 332 g/mol. The third-order valence-corrected chi connectivity index (χ3v) is 3.83. The van der Waals surface area contributed by atoms with Gasteiger partial charge in [-0.3, -0.25) is 9.59 Å². The molecule has 0 saturated heterocycles. The molecule has 1 aliphatic rings. The van der Waals surface area contributed by atoms with E-state index < -0.39 is 29.2 Å². The van der Waals surface area contributed by atoms with Crippen molar-refractivity contribution in [3.8, 4) is 34.5 Å². The fourth-order valence-corrected chi connectivity index (χ4v) is 2.63. The summed E-state index contributed by atoms with van der Waals surface area (Å²) in [6.45, 7) is 0. The van der Waals surface area contributed by atoms with Crippen LogP contribution >= 0.6 is 0 Å². The smallest absolute Gasteiger partial charge is 0.248 e. The molecule has 3 N–H and O–H groups in total. The van der Waals surface area contributed by atoms with Crippen LogP contribution < -0.4 is 14.2 Å². The minimum atomic E-state index is -1.34. The Morgan fingerprint density at radius 3 is 2.32 bits per heavy atom. The summed E-state index contributed by atoms with van der Waals surface area (Å²) in [6.07, 6.45) is -1.34. The molecule has 1 unspecified atom stereocenters. The van der Waals surface area contributed by atoms with Crippen LogP contribution in [0.4, 0.5) is 0 Å². The maximum atomic E-state index is 12.4. The Morgan fingerprint density at radius 2 is 1.68 bits per heavy atom. The number of methoxy groups -OCH3 is 2. The largest absolute Gasteiger partial charge is 0.507 e. The highest BCUT2D eigenvalue weighted by Crippen LogP contribution is 2.49. The van der Waals surface area contributed by atoms with E-state index in [0.29, 0.717) is 0 Å². The average molecular weight is 346 g/mol. The number of hydrogen-bond acceptors (Lipinski definition) is 8. The first-order chi connectivity index (χ1) is 11.9. The van der Waals surface area contributed by atoms with Gasteiger partial charge in [0, 0.05) is 11.6 Å². The first-order valence-electron chi connectivity index (χ1n) is 7.14. The molecule has 0 aromatic heterocycles. The standard InChI is InChI=1S/C17H14O8/c1-23-11-5-7(3-4-8(11)18)15-14(22)13(21)12-9(19)6-10(20)16(24-2)17(12)25-15/h3-6,15,18-20H,1-2H3. The van der Waals surface area contributed by atoms with Crippen molar-refractivity contribution >= 4 is 11.6 Å². The van der Waals surface area contributed by atoms with E-state index in [1.54, 1.807) is 0 Å². The van der Waals surface area contributed by atoms with Gasteiger partial charge in [-0.15, -0.1) is 0 Å². The van der Waals surface area contributed by atoms with Gasteiger partial charge < -0.3 is 29.5 Å². The molecule has 0 amide bonds. The lowest BCUT2D eigenvalue weighted by Crippen LogP contribution is -2.32. The molecule has 3 rings (SSSR count). The lowest BCUT2D eigenvalue weighted by Gasteiger charge is -2.26. The van der Waals surface area contributed by atoms with Gasteiger partial charge in [0.2, 0.25) is 17.3 Å². The van der Waals surface area contributed by atoms with Gasteiger partial charge in [0.25, 0.3) is 0 Å². The normalized spacial score (nSPS) is 16.2. The number of aromatic hydroxyl groups is 3. The fraction of sp³-hybridized carbons (Fsp3) is 0.176. The molecule has 2 aromatic carbocycles. The van der Waals surface area contributed by atoms with Crippen LogP contribution in [0.2, 0.25) is 0 Å². The molecule has 0 fully saturated rings. The first-order valence-corrected chi connectivity index (χ1v) is 7.14. The Morgan fingerprint density at radius 1 is 0.960 bits per heavy atom. The molecule has 8 nitrogen and oxygen atoms in total. The number of fused-ring (bicyclic) bond motifs is 1. The second kappa shape index (κ2) is 5.90. The number of Topliss-reactive ketones (excluding diaryl/α,β-unsaturated/α-hetero) is 2. The SMILES string of the molecule is COc1cc(C2Oc3c(OC)c(O)cc(O)c3C(=O)C2=O)ccc1O. The zero-order chi connectivity index (χ0) is 18.3. The van der Waals surface area contributed by atoms with Gasteiger partial charge in [-0.25, -0.2) is 0 Å². The lowest BCUT2D eigenvalue weighted by atomic mass is 9.93. The summed E-state index contributed by atoms with van der Waals surface area (Å²) in [5, 5.41) is 29.4. The minimum absolute atomic E-state index is 0.0952. The van der Waals surface area contributed by atoms with E-state index in [4.69, 9.17) is 14.2 Å². The summed E-state index contributed by atoms with van der Waals surface area (Å²) in [6, 6.07) is 4.94. The van der Waals surface area contributed by atoms with Crippen LogP contribution in [0.15, 0.2) is 24.3 Å². The van der Waals surface area contributed by atoms with Crippen LogP contribution in [-0.2, 0) is 4.79 Å². The van der Waals surface area contributed by atoms with Crippen LogP contribution in [0.3, 0.4) is 0 Å². The molecule has 1 aliphatic heterocycles. The van der Waals surface area contributed by atoms with Crippen molar-refractivity contribution in [2.75, 3.05) is 14.2 Å². The molecule has 1 atom stereocenters. The average Bonchev–Trinajstić information content (AvgIpc) is 2.58. The van der Waals surface area contributed by atoms with Crippen molar-refractivity contribution in [1.29, 1.82) is 0 Å². The summed E-state index contributed by atoms with van der Waals surface area (Å²) < 4.78 is 15.6. The monoisotopic (exact) mass is 346 g/mol. The van der Waals surface area contributed by atoms with Crippen LogP contribution in [0.25, 0.3) is 0 Å². The van der Waals surface area contributed by atoms with Gasteiger partial charge in [-0.2, -0.15) is 0 Å². The number of phenolic OH excluding ortho intramolecular Hbond substituents is 3. The summed E-state index contributed by atoms with van der Waals surface area (Å²) in [7, 11) is 2.58. The number of ketones is 2. The fourth-order valence-electron chi connectivity index (χ4n) is 2.63. The van der Waals surface area contributed by atoms with Crippen LogP contribution in [-0.4, -0.2) is 41.1 Å². The molecule has 0 bridgehead atoms. The van der Waals surface area contributed by atoms with Crippen molar-refractivity contribution in [3.05, 3.63) is 35.4 Å². The van der Waals surface area contributed by atoms with Crippen LogP contribution in [0, 0.1) is 0 Å². The van der Waals surface area contributed by atoms with E-state index in [0.717, 1.165) is 6.07 Å². The first kappa shape index (κ1) is 16.4. The summed E-state index contributed by atoms with van der Waals surface area (Å²) in [4.78, 5) is 24.8. The Bertz CT molecular complexity index is 887. The lowest BCUT2D eigenvalue weighted by molar-refractivity contribution is -0.122. The Balaban J connectivity index is 2.16. The van der Waals surface area contributed by atoms with E-state index in [2.05, 4.69) is 0 Å². The number of benzene rings is 2. The Labute approximate surface area is 141 Å². The molecule has 0 aliphatic carbocycles. The topological polar surface area (TPSA) is 123 Å². The highest BCUT2D eigenvalue weighted by atomic mass is 16.5. The maximum absolute atomic E-state index is 12.4. The second-order valence-electron chi connectivity index (χ2n) is 5.27. The van der Waals surface area contributed by atoms with Crippen LogP contribution in [0.5, 0.6) is 34.5 Å². The second-order valence-corrected chi connectivity index (χ2v) is 5.27. The van der Waals surface area contributed by atoms with Crippen LogP contribution in [0.1, 0.15) is 22.0 Å². The van der Waals surface area contributed by atoms with Gasteiger partial charge in [0.15, 0.2) is 29.1 Å². The Kier molecular flexibility index (Phi) is 3.88. The van der Waals surface area contributed by atoms with E-state index in [9.17, 15) is 24.9 Å². The molecule has 2 aromatic rings. The van der Waals surface area contributed by atoms with Gasteiger partial charge in [0.05, 0.1) is 14.2 Å². The Hall–Kier alpha value is -3.42. The molecule has 8 heteroatoms. The van der Waals surface area contributed by atoms with Gasteiger partial charge in [-0.1, -0.05) is 6.07 Å². The minimum Gasteiger partial charge on any atom is -0.507 e. The van der Waals surface area contributed by atoms with Crippen molar-refractivity contribution in [2.24, 2.45) is 0 Å². The van der Waals surface area contributed by atoms with Gasteiger partial charge >= 0.3 is 0 Å². The zero-order valence-corrected chi connectivity index (χ0v) is 13.3. The highest BCUT2D eigenvalue weighted by Gasteiger charge is 2.41. The number of carbonyl (C=O) groups excluding carboxylic acids is 2. The quantitative estimate of drug-likeness (QED) is 0.718. The van der Waals surface area contributed by atoms with Crippen molar-refractivity contribution in [3.63, 3.8) is 0 Å². The predicted octanol–water partition coefficient (Wildman–Crippen LogP) is 1.71. The maximum Gasteiger partial charge on any atom is 0.248 e. The zero-order valence-electron chi connectivity index (χ0n) is 13.3. The van der Waals surface area contributed by atoms with Crippen molar-refractivity contribution in [2.45, 2.75) is 6.10 Å². The van der Waals surface area contributed by atoms with E-state index >= 15 is 0 Å². The van der Waals surface area contributed by atoms with Crippen molar-refractivity contribution < 1.29 is 39.1 Å². The molecule has 0 saturated carbocycles. The highest BCUT2D eigenvalue weighted by molar-refractivity contribution is 6.47.